The molecule has 1 aliphatic heterocycles. The molecule has 30 heavy (non-hydrogen) atoms. The molecule has 1 aromatic carbocycles. The minimum absolute atomic E-state index is 0.209. The lowest BCUT2D eigenvalue weighted by Gasteiger charge is -2.28. The lowest BCUT2D eigenvalue weighted by Crippen LogP contribution is -2.48. The van der Waals surface area contributed by atoms with E-state index < -0.39 is 17.7 Å². The molecule has 0 aliphatic carbocycles. The van der Waals surface area contributed by atoms with Gasteiger partial charge in [-0.05, 0) is 71.7 Å². The molecule has 1 aromatic heterocycles. The van der Waals surface area contributed by atoms with Crippen molar-refractivity contribution < 1.29 is 18.7 Å². The molecule has 1 fully saturated rings. The SMILES string of the molecule is Cc1c(C(C)NC(=O)[C@@H]2CCCN2C(=O)OC(C)(C)C)cnn1-c1ccc(F)cc1. The second kappa shape index (κ2) is 8.45. The van der Waals surface area contributed by atoms with E-state index in [9.17, 15) is 14.0 Å². The van der Waals surface area contributed by atoms with Gasteiger partial charge in [0.25, 0.3) is 0 Å². The van der Waals surface area contributed by atoms with Gasteiger partial charge in [-0.25, -0.2) is 13.9 Å². The predicted octanol–water partition coefficient (Wildman–Crippen LogP) is 3.90. The van der Waals surface area contributed by atoms with Crippen molar-refractivity contribution in [3.8, 4) is 5.69 Å². The number of hydrogen-bond donors (Lipinski definition) is 1. The van der Waals surface area contributed by atoms with Gasteiger partial charge in [0.15, 0.2) is 0 Å². The maximum absolute atomic E-state index is 13.2. The number of likely N-dealkylation sites (tertiary alicyclic amines) is 1. The van der Waals surface area contributed by atoms with Crippen LogP contribution < -0.4 is 5.32 Å². The van der Waals surface area contributed by atoms with Crippen LogP contribution in [0.5, 0.6) is 0 Å². The number of amides is 2. The predicted molar refractivity (Wildman–Crippen MR) is 111 cm³/mol. The first-order valence-electron chi connectivity index (χ1n) is 10.2. The topological polar surface area (TPSA) is 76.5 Å². The number of rotatable bonds is 4. The second-order valence-electron chi connectivity index (χ2n) is 8.64. The Morgan fingerprint density at radius 3 is 2.57 bits per heavy atom. The number of carbonyl (C=O) groups is 2. The zero-order chi connectivity index (χ0) is 22.1. The Kier molecular flexibility index (Phi) is 6.14. The Morgan fingerprint density at radius 2 is 1.93 bits per heavy atom. The zero-order valence-electron chi connectivity index (χ0n) is 18.1. The molecule has 0 bridgehead atoms. The van der Waals surface area contributed by atoms with Gasteiger partial charge >= 0.3 is 6.09 Å². The lowest BCUT2D eigenvalue weighted by atomic mass is 10.1. The van der Waals surface area contributed by atoms with Gasteiger partial charge in [0, 0.05) is 17.8 Å². The molecular formula is C22H29FN4O3. The van der Waals surface area contributed by atoms with Crippen molar-refractivity contribution in [3.05, 3.63) is 47.5 Å². The van der Waals surface area contributed by atoms with Crippen molar-refractivity contribution >= 4 is 12.0 Å². The van der Waals surface area contributed by atoms with E-state index in [1.807, 2.05) is 13.8 Å². The van der Waals surface area contributed by atoms with Crippen LogP contribution in [0.1, 0.15) is 57.8 Å². The van der Waals surface area contributed by atoms with Crippen LogP contribution in [-0.2, 0) is 9.53 Å². The smallest absolute Gasteiger partial charge is 0.410 e. The maximum atomic E-state index is 13.2. The third-order valence-electron chi connectivity index (χ3n) is 5.13. The van der Waals surface area contributed by atoms with E-state index in [0.29, 0.717) is 13.0 Å². The first-order chi connectivity index (χ1) is 14.1. The Balaban J connectivity index is 1.70. The minimum Gasteiger partial charge on any atom is -0.444 e. The van der Waals surface area contributed by atoms with Crippen LogP contribution in [-0.4, -0.2) is 44.9 Å². The number of benzene rings is 1. The van der Waals surface area contributed by atoms with E-state index in [2.05, 4.69) is 10.4 Å². The molecule has 7 nitrogen and oxygen atoms in total. The monoisotopic (exact) mass is 416 g/mol. The van der Waals surface area contributed by atoms with Crippen molar-refractivity contribution in [1.29, 1.82) is 0 Å². The molecule has 2 aromatic rings. The average Bonchev–Trinajstić information content (AvgIpc) is 3.28. The van der Waals surface area contributed by atoms with Crippen molar-refractivity contribution in [2.75, 3.05) is 6.54 Å². The van der Waals surface area contributed by atoms with Gasteiger partial charge in [-0.3, -0.25) is 9.69 Å². The van der Waals surface area contributed by atoms with E-state index in [4.69, 9.17) is 4.74 Å². The number of halogens is 1. The molecule has 0 radical (unpaired) electrons. The number of aromatic nitrogens is 2. The summed E-state index contributed by atoms with van der Waals surface area (Å²) in [5, 5.41) is 7.38. The number of nitrogens with one attached hydrogen (secondary N) is 1. The van der Waals surface area contributed by atoms with Crippen LogP contribution in [0, 0.1) is 12.7 Å². The molecule has 1 aliphatic rings. The second-order valence-corrected chi connectivity index (χ2v) is 8.64. The summed E-state index contributed by atoms with van der Waals surface area (Å²) in [7, 11) is 0. The molecule has 8 heteroatoms. The fourth-order valence-corrected chi connectivity index (χ4v) is 3.66. The molecule has 3 rings (SSSR count). The third-order valence-corrected chi connectivity index (χ3v) is 5.13. The van der Waals surface area contributed by atoms with Gasteiger partial charge in [-0.1, -0.05) is 0 Å². The first kappa shape index (κ1) is 21.8. The van der Waals surface area contributed by atoms with E-state index >= 15 is 0 Å². The quantitative estimate of drug-likeness (QED) is 0.820. The summed E-state index contributed by atoms with van der Waals surface area (Å²) in [6.07, 6.45) is 2.59. The highest BCUT2D eigenvalue weighted by Crippen LogP contribution is 2.24. The molecule has 1 saturated heterocycles. The van der Waals surface area contributed by atoms with Gasteiger partial charge < -0.3 is 10.1 Å². The fourth-order valence-electron chi connectivity index (χ4n) is 3.66. The van der Waals surface area contributed by atoms with E-state index in [1.165, 1.54) is 17.0 Å². The standard InChI is InChI=1S/C22H29FN4O3/c1-14(18-13-24-27(15(18)2)17-10-8-16(23)9-11-17)25-20(28)19-7-6-12-26(19)21(29)30-22(3,4)5/h8-11,13-14,19H,6-7,12H2,1-5H3,(H,25,28)/t14?,19-/m0/s1. The van der Waals surface area contributed by atoms with Crippen molar-refractivity contribution in [1.82, 2.24) is 20.0 Å². The maximum Gasteiger partial charge on any atom is 0.410 e. The molecule has 162 valence electrons. The van der Waals surface area contributed by atoms with Gasteiger partial charge in [0.1, 0.15) is 17.5 Å². The van der Waals surface area contributed by atoms with E-state index in [0.717, 1.165) is 23.4 Å². The number of hydrogen-bond acceptors (Lipinski definition) is 4. The normalized spacial score (nSPS) is 17.7. The average molecular weight is 416 g/mol. The summed E-state index contributed by atoms with van der Waals surface area (Å²) in [6.45, 7) is 9.70. The molecule has 2 atom stereocenters. The van der Waals surface area contributed by atoms with Gasteiger partial charge in [-0.2, -0.15) is 5.10 Å². The molecule has 2 heterocycles. The number of nitrogens with zero attached hydrogens (tertiary/aromatic N) is 3. The van der Waals surface area contributed by atoms with Crippen molar-refractivity contribution in [2.45, 2.75) is 65.1 Å². The van der Waals surface area contributed by atoms with Gasteiger partial charge in [0.2, 0.25) is 5.91 Å². The largest absolute Gasteiger partial charge is 0.444 e. The number of carbonyl (C=O) groups excluding carboxylic acids is 2. The Hall–Kier alpha value is -2.90. The fraction of sp³-hybridized carbons (Fsp3) is 0.500. The Labute approximate surface area is 176 Å². The van der Waals surface area contributed by atoms with Crippen LogP contribution in [0.2, 0.25) is 0 Å². The van der Waals surface area contributed by atoms with Crippen molar-refractivity contribution in [3.63, 3.8) is 0 Å². The van der Waals surface area contributed by atoms with Gasteiger partial charge in [-0.15, -0.1) is 0 Å². The van der Waals surface area contributed by atoms with Crippen LogP contribution in [0.25, 0.3) is 5.69 Å². The van der Waals surface area contributed by atoms with E-state index in [1.54, 1.807) is 43.8 Å². The highest BCUT2D eigenvalue weighted by molar-refractivity contribution is 5.86. The van der Waals surface area contributed by atoms with Crippen LogP contribution in [0.3, 0.4) is 0 Å². The summed E-state index contributed by atoms with van der Waals surface area (Å²) >= 11 is 0. The molecular weight excluding hydrogens is 387 g/mol. The zero-order valence-corrected chi connectivity index (χ0v) is 18.1. The highest BCUT2D eigenvalue weighted by Gasteiger charge is 2.37. The Bertz CT molecular complexity index is 917. The molecule has 2 amide bonds. The van der Waals surface area contributed by atoms with Gasteiger partial charge in [0.05, 0.1) is 17.9 Å². The molecule has 1 N–H and O–H groups in total. The Morgan fingerprint density at radius 1 is 1.27 bits per heavy atom. The molecule has 0 spiro atoms. The minimum atomic E-state index is -0.611. The molecule has 1 unspecified atom stereocenters. The van der Waals surface area contributed by atoms with E-state index in [-0.39, 0.29) is 17.8 Å². The summed E-state index contributed by atoms with van der Waals surface area (Å²) in [6, 6.07) is 5.22. The van der Waals surface area contributed by atoms with Crippen LogP contribution >= 0.6 is 0 Å². The first-order valence-corrected chi connectivity index (χ1v) is 10.2. The van der Waals surface area contributed by atoms with Crippen molar-refractivity contribution in [2.24, 2.45) is 0 Å². The number of ether oxygens (including phenoxy) is 1. The summed E-state index contributed by atoms with van der Waals surface area (Å²) in [5.74, 6) is -0.518. The third kappa shape index (κ3) is 4.80. The summed E-state index contributed by atoms with van der Waals surface area (Å²) in [4.78, 5) is 26.9. The van der Waals surface area contributed by atoms with Crippen LogP contribution in [0.15, 0.2) is 30.5 Å². The highest BCUT2D eigenvalue weighted by atomic mass is 19.1. The van der Waals surface area contributed by atoms with Crippen LogP contribution in [0.4, 0.5) is 9.18 Å². The summed E-state index contributed by atoms with van der Waals surface area (Å²) in [5.41, 5.74) is 1.84. The summed E-state index contributed by atoms with van der Waals surface area (Å²) < 4.78 is 20.3. The molecule has 0 saturated carbocycles. The lowest BCUT2D eigenvalue weighted by molar-refractivity contribution is -0.126.